The first-order valence-electron chi connectivity index (χ1n) is 10.4. The largest absolute Gasteiger partial charge is 0.496 e. The molecule has 0 unspecified atom stereocenters. The number of fused-ring (bicyclic) bond motifs is 1. The maximum absolute atomic E-state index is 12.9. The zero-order valence-corrected chi connectivity index (χ0v) is 18.4. The third kappa shape index (κ3) is 3.73. The van der Waals surface area contributed by atoms with Crippen molar-refractivity contribution in [3.8, 4) is 17.0 Å². The number of nitrogens with zero attached hydrogens (tertiary/aromatic N) is 4. The summed E-state index contributed by atoms with van der Waals surface area (Å²) in [6.07, 6.45) is 5.12. The smallest absolute Gasteiger partial charge is 0.306 e. The molecular weight excluding hydrogens is 428 g/mol. The molecule has 0 aliphatic carbocycles. The Labute approximate surface area is 188 Å². The van der Waals surface area contributed by atoms with Crippen LogP contribution in [0, 0.1) is 0 Å². The van der Waals surface area contributed by atoms with E-state index in [2.05, 4.69) is 15.6 Å². The van der Waals surface area contributed by atoms with E-state index in [1.54, 1.807) is 18.1 Å². The van der Waals surface area contributed by atoms with E-state index in [0.29, 0.717) is 15.4 Å². The van der Waals surface area contributed by atoms with Gasteiger partial charge in [-0.25, -0.2) is 4.98 Å². The van der Waals surface area contributed by atoms with E-state index in [4.69, 9.17) is 20.0 Å². The van der Waals surface area contributed by atoms with Crippen LogP contribution in [0.25, 0.3) is 21.5 Å². The molecule has 0 saturated carbocycles. The van der Waals surface area contributed by atoms with Crippen LogP contribution in [0.5, 0.6) is 5.75 Å². The second kappa shape index (κ2) is 8.46. The van der Waals surface area contributed by atoms with E-state index >= 15 is 0 Å². The van der Waals surface area contributed by atoms with Gasteiger partial charge in [0.25, 0.3) is 12.1 Å². The van der Waals surface area contributed by atoms with Crippen molar-refractivity contribution in [2.45, 2.75) is 19.3 Å². The minimum atomic E-state index is -0.355. The van der Waals surface area contributed by atoms with Crippen LogP contribution in [-0.4, -0.2) is 36.4 Å². The number of amides is 1. The highest BCUT2D eigenvalue weighted by molar-refractivity contribution is 7.21. The van der Waals surface area contributed by atoms with E-state index < -0.39 is 0 Å². The molecule has 1 fully saturated rings. The average molecular weight is 452 g/mol. The van der Waals surface area contributed by atoms with E-state index in [1.807, 2.05) is 36.4 Å². The van der Waals surface area contributed by atoms with Gasteiger partial charge in [0.2, 0.25) is 5.27 Å². The molecule has 1 aromatic carbocycles. The molecule has 3 aromatic heterocycles. The van der Waals surface area contributed by atoms with Crippen molar-refractivity contribution in [1.29, 1.82) is 0 Å². The summed E-state index contributed by atoms with van der Waals surface area (Å²) in [6.45, 7) is 1.82. The number of hydrogen-bond donors (Lipinski definition) is 2. The van der Waals surface area contributed by atoms with Crippen molar-refractivity contribution in [3.63, 3.8) is 0 Å². The number of pyridine rings is 1. The first kappa shape index (κ1) is 20.3. The van der Waals surface area contributed by atoms with Gasteiger partial charge in [0, 0.05) is 10.9 Å². The molecule has 10 heteroatoms. The van der Waals surface area contributed by atoms with Crippen LogP contribution in [0.15, 0.2) is 47.1 Å². The SMILES string of the molecule is COc1ccccc1-c1ccc2c(N)c(C(=O)Nc3c[n+](N4CCCCC4)no3)sc2n1. The summed E-state index contributed by atoms with van der Waals surface area (Å²) in [5.74, 6) is 0.639. The number of carbonyl (C=O) groups is 1. The number of methoxy groups -OCH3 is 1. The lowest BCUT2D eigenvalue weighted by atomic mass is 10.1. The summed E-state index contributed by atoms with van der Waals surface area (Å²) in [5, 5.41) is 9.58. The number of ether oxygens (including phenoxy) is 1. The van der Waals surface area contributed by atoms with Gasteiger partial charge in [-0.2, -0.15) is 5.01 Å². The van der Waals surface area contributed by atoms with E-state index in [0.717, 1.165) is 48.3 Å². The van der Waals surface area contributed by atoms with E-state index in [1.165, 1.54) is 17.8 Å². The molecule has 32 heavy (non-hydrogen) atoms. The lowest BCUT2D eigenvalue weighted by Crippen LogP contribution is -2.60. The van der Waals surface area contributed by atoms with Crippen molar-refractivity contribution in [2.24, 2.45) is 0 Å². The number of rotatable bonds is 5. The van der Waals surface area contributed by atoms with Crippen LogP contribution >= 0.6 is 11.3 Å². The summed E-state index contributed by atoms with van der Waals surface area (Å²) in [4.78, 5) is 20.3. The van der Waals surface area contributed by atoms with Gasteiger partial charge in [-0.1, -0.05) is 12.1 Å². The Morgan fingerprint density at radius 1 is 1.22 bits per heavy atom. The molecule has 3 N–H and O–H groups in total. The van der Waals surface area contributed by atoms with Crippen LogP contribution in [0.3, 0.4) is 0 Å². The van der Waals surface area contributed by atoms with Crippen molar-refractivity contribution >= 4 is 39.0 Å². The van der Waals surface area contributed by atoms with Crippen molar-refractivity contribution in [2.75, 3.05) is 36.3 Å². The molecule has 0 atom stereocenters. The van der Waals surface area contributed by atoms with Crippen LogP contribution in [-0.2, 0) is 0 Å². The van der Waals surface area contributed by atoms with E-state index in [-0.39, 0.29) is 11.8 Å². The Morgan fingerprint density at radius 2 is 2.03 bits per heavy atom. The van der Waals surface area contributed by atoms with Crippen LogP contribution in [0.2, 0.25) is 0 Å². The summed E-state index contributed by atoms with van der Waals surface area (Å²) >= 11 is 1.24. The molecule has 0 bridgehead atoms. The number of nitrogens with two attached hydrogens (primary N) is 1. The number of thiophene rings is 1. The fourth-order valence-electron chi connectivity index (χ4n) is 3.85. The number of benzene rings is 1. The molecule has 5 rings (SSSR count). The first-order chi connectivity index (χ1) is 15.6. The predicted octanol–water partition coefficient (Wildman–Crippen LogP) is 3.20. The number of hydrogen-bond acceptors (Lipinski definition) is 8. The molecule has 164 valence electrons. The van der Waals surface area contributed by atoms with Gasteiger partial charge in [-0.05, 0) is 43.5 Å². The Bertz CT molecular complexity index is 1280. The van der Waals surface area contributed by atoms with Gasteiger partial charge < -0.3 is 10.5 Å². The Kier molecular flexibility index (Phi) is 5.36. The second-order valence-corrected chi connectivity index (χ2v) is 8.55. The van der Waals surface area contributed by atoms with Crippen LogP contribution in [0.1, 0.15) is 28.9 Å². The molecule has 1 amide bonds. The van der Waals surface area contributed by atoms with Crippen LogP contribution in [0.4, 0.5) is 11.6 Å². The first-order valence-corrected chi connectivity index (χ1v) is 11.2. The normalized spacial score (nSPS) is 14.0. The number of aromatic nitrogens is 3. The zero-order valence-electron chi connectivity index (χ0n) is 17.6. The summed E-state index contributed by atoms with van der Waals surface area (Å²) in [6, 6.07) is 11.4. The lowest BCUT2D eigenvalue weighted by molar-refractivity contribution is -0.759. The summed E-state index contributed by atoms with van der Waals surface area (Å²) in [7, 11) is 1.63. The quantitative estimate of drug-likeness (QED) is 0.448. The molecule has 1 aliphatic heterocycles. The second-order valence-electron chi connectivity index (χ2n) is 7.55. The van der Waals surface area contributed by atoms with Gasteiger partial charge in [0.15, 0.2) is 0 Å². The number of nitrogens with one attached hydrogen (secondary N) is 1. The van der Waals surface area contributed by atoms with Gasteiger partial charge in [0.05, 0.1) is 36.4 Å². The maximum atomic E-state index is 12.9. The van der Waals surface area contributed by atoms with Crippen LogP contribution < -0.4 is 25.6 Å². The fraction of sp³-hybridized carbons (Fsp3) is 0.273. The number of para-hydroxylation sites is 1. The fourth-order valence-corrected chi connectivity index (χ4v) is 4.84. The number of carbonyl (C=O) groups excluding carboxylic acids is 1. The lowest BCUT2D eigenvalue weighted by Gasteiger charge is -2.17. The van der Waals surface area contributed by atoms with Gasteiger partial charge in [-0.15, -0.1) is 11.3 Å². The maximum Gasteiger partial charge on any atom is 0.306 e. The highest BCUT2D eigenvalue weighted by Gasteiger charge is 2.25. The third-order valence-corrected chi connectivity index (χ3v) is 6.61. The minimum absolute atomic E-state index is 0.264. The predicted molar refractivity (Wildman–Crippen MR) is 122 cm³/mol. The number of piperidine rings is 1. The molecule has 0 spiro atoms. The zero-order chi connectivity index (χ0) is 22.1. The summed E-state index contributed by atoms with van der Waals surface area (Å²) < 4.78 is 10.7. The Balaban J connectivity index is 1.40. The van der Waals surface area contributed by atoms with E-state index in [9.17, 15) is 4.79 Å². The van der Waals surface area contributed by atoms with Gasteiger partial charge in [-0.3, -0.25) is 14.6 Å². The summed E-state index contributed by atoms with van der Waals surface area (Å²) in [5.41, 5.74) is 8.30. The molecule has 0 radical (unpaired) electrons. The van der Waals surface area contributed by atoms with Gasteiger partial charge in [0.1, 0.15) is 15.5 Å². The van der Waals surface area contributed by atoms with Crippen molar-refractivity contribution in [3.05, 3.63) is 47.5 Å². The highest BCUT2D eigenvalue weighted by atomic mass is 32.1. The van der Waals surface area contributed by atoms with Crippen molar-refractivity contribution < 1.29 is 18.8 Å². The molecular formula is C22H23N6O3S+. The molecule has 4 heterocycles. The average Bonchev–Trinajstić information content (AvgIpc) is 3.44. The number of anilines is 2. The molecule has 9 nitrogen and oxygen atoms in total. The highest BCUT2D eigenvalue weighted by Crippen LogP contribution is 2.36. The number of nitrogen functional groups attached to an aromatic ring is 1. The molecule has 1 aliphatic rings. The minimum Gasteiger partial charge on any atom is -0.496 e. The Morgan fingerprint density at radius 3 is 2.84 bits per heavy atom. The topological polar surface area (TPSA) is 110 Å². The Hall–Kier alpha value is -3.66. The molecule has 4 aromatic rings. The monoisotopic (exact) mass is 451 g/mol. The van der Waals surface area contributed by atoms with Gasteiger partial charge >= 0.3 is 5.88 Å². The third-order valence-electron chi connectivity index (χ3n) is 5.50. The van der Waals surface area contributed by atoms with Crippen molar-refractivity contribution in [1.82, 2.24) is 10.3 Å². The standard InChI is InChI=1S/C22H22N6O3S/c1-30-17-8-4-3-7-14(17)16-10-9-15-19(23)20(32-22(15)24-16)21(29)25-18-13-28(26-31-18)27-11-5-2-6-12-27/h3-4,7-10,13H,2,5-6,11-12H2,1H3,(H2-,23,25,26,29)/p+1. The molecule has 1 saturated heterocycles.